The number of nitrogens with one attached hydrogen (secondary N) is 1. The van der Waals surface area contributed by atoms with Crippen LogP contribution >= 0.6 is 11.6 Å². The van der Waals surface area contributed by atoms with Crippen molar-refractivity contribution in [2.24, 2.45) is 0 Å². The van der Waals surface area contributed by atoms with Crippen molar-refractivity contribution >= 4 is 29.1 Å². The monoisotopic (exact) mass is 346 g/mol. The molecule has 0 aliphatic carbocycles. The van der Waals surface area contributed by atoms with Gasteiger partial charge in [-0.1, -0.05) is 11.6 Å². The minimum absolute atomic E-state index is 0.262. The van der Waals surface area contributed by atoms with Crippen LogP contribution in [0.25, 0.3) is 0 Å². The molecule has 1 aliphatic rings. The molecule has 0 spiro atoms. The first-order valence-electron chi connectivity index (χ1n) is 7.82. The fraction of sp³-hybridized carbons (Fsp3) is 0.353. The van der Waals surface area contributed by atoms with Gasteiger partial charge in [-0.25, -0.2) is 9.97 Å². The van der Waals surface area contributed by atoms with Crippen molar-refractivity contribution in [1.82, 2.24) is 9.97 Å². The Labute approximate surface area is 145 Å². The quantitative estimate of drug-likeness (QED) is 0.920. The number of rotatable bonds is 4. The number of benzene rings is 1. The highest BCUT2D eigenvalue weighted by Crippen LogP contribution is 2.27. The Morgan fingerprint density at radius 2 is 2.08 bits per heavy atom. The van der Waals surface area contributed by atoms with Gasteiger partial charge in [0.15, 0.2) is 0 Å². The van der Waals surface area contributed by atoms with E-state index in [1.54, 1.807) is 31.5 Å². The topological polar surface area (TPSA) is 67.3 Å². The van der Waals surface area contributed by atoms with Crippen LogP contribution in [-0.4, -0.2) is 36.1 Å². The van der Waals surface area contributed by atoms with Gasteiger partial charge in [-0.05, 0) is 38.0 Å². The fourth-order valence-electron chi connectivity index (χ4n) is 2.69. The van der Waals surface area contributed by atoms with E-state index in [9.17, 15) is 4.79 Å². The number of anilines is 2. The molecule has 1 fully saturated rings. The summed E-state index contributed by atoms with van der Waals surface area (Å²) in [6.45, 7) is 3.75. The Morgan fingerprint density at radius 1 is 1.33 bits per heavy atom. The molecule has 1 aromatic carbocycles. The van der Waals surface area contributed by atoms with E-state index >= 15 is 0 Å². The first-order valence-corrected chi connectivity index (χ1v) is 8.20. The Hall–Kier alpha value is -2.34. The van der Waals surface area contributed by atoms with Gasteiger partial charge in [-0.3, -0.25) is 4.79 Å². The van der Waals surface area contributed by atoms with Crippen molar-refractivity contribution in [3.05, 3.63) is 40.7 Å². The Bertz CT molecular complexity index is 760. The lowest BCUT2D eigenvalue weighted by molar-refractivity contribution is 0.102. The van der Waals surface area contributed by atoms with E-state index in [0.29, 0.717) is 33.7 Å². The molecule has 0 saturated carbocycles. The normalized spacial score (nSPS) is 13.9. The molecule has 1 aromatic heterocycles. The van der Waals surface area contributed by atoms with Crippen molar-refractivity contribution in [1.29, 1.82) is 0 Å². The van der Waals surface area contributed by atoms with Gasteiger partial charge < -0.3 is 15.0 Å². The van der Waals surface area contributed by atoms with Crippen molar-refractivity contribution in [2.45, 2.75) is 19.8 Å². The van der Waals surface area contributed by atoms with Gasteiger partial charge in [0.1, 0.15) is 5.75 Å². The van der Waals surface area contributed by atoms with Gasteiger partial charge in [-0.15, -0.1) is 0 Å². The summed E-state index contributed by atoms with van der Waals surface area (Å²) in [5.74, 6) is 0.986. The molecular formula is C17H19ClN4O2. The second kappa shape index (κ2) is 7.05. The van der Waals surface area contributed by atoms with Gasteiger partial charge in [0, 0.05) is 25.0 Å². The molecule has 1 amide bonds. The predicted octanol–water partition coefficient (Wildman–Crippen LogP) is 3.30. The van der Waals surface area contributed by atoms with Crippen molar-refractivity contribution in [3.8, 4) is 5.75 Å². The molecule has 1 saturated heterocycles. The highest BCUT2D eigenvalue weighted by molar-refractivity contribution is 6.32. The van der Waals surface area contributed by atoms with Crippen LogP contribution in [0.2, 0.25) is 5.02 Å². The highest BCUT2D eigenvalue weighted by Gasteiger charge is 2.18. The molecule has 0 radical (unpaired) electrons. The highest BCUT2D eigenvalue weighted by atomic mass is 35.5. The van der Waals surface area contributed by atoms with Crippen LogP contribution in [0.3, 0.4) is 0 Å². The van der Waals surface area contributed by atoms with Gasteiger partial charge >= 0.3 is 0 Å². The van der Waals surface area contributed by atoms with Crippen LogP contribution in [-0.2, 0) is 0 Å². The molecule has 0 bridgehead atoms. The summed E-state index contributed by atoms with van der Waals surface area (Å²) in [4.78, 5) is 23.4. The molecule has 126 valence electrons. The summed E-state index contributed by atoms with van der Waals surface area (Å²) < 4.78 is 5.10. The largest absolute Gasteiger partial charge is 0.495 e. The molecule has 7 heteroatoms. The number of halogens is 1. The van der Waals surface area contributed by atoms with E-state index < -0.39 is 0 Å². The molecule has 6 nitrogen and oxygen atoms in total. The molecular weight excluding hydrogens is 328 g/mol. The number of hydrogen-bond acceptors (Lipinski definition) is 5. The maximum absolute atomic E-state index is 12.5. The third-order valence-electron chi connectivity index (χ3n) is 4.01. The summed E-state index contributed by atoms with van der Waals surface area (Å²) in [5, 5.41) is 3.25. The van der Waals surface area contributed by atoms with E-state index in [-0.39, 0.29) is 5.91 Å². The van der Waals surface area contributed by atoms with Gasteiger partial charge in [0.05, 0.1) is 23.4 Å². The molecule has 1 aliphatic heterocycles. The third kappa shape index (κ3) is 3.43. The van der Waals surface area contributed by atoms with Crippen molar-refractivity contribution in [2.75, 3.05) is 30.4 Å². The van der Waals surface area contributed by atoms with Gasteiger partial charge in [-0.2, -0.15) is 0 Å². The lowest BCUT2D eigenvalue weighted by Crippen LogP contribution is -2.22. The lowest BCUT2D eigenvalue weighted by atomic mass is 10.2. The first-order chi connectivity index (χ1) is 11.6. The molecule has 24 heavy (non-hydrogen) atoms. The van der Waals surface area contributed by atoms with Crippen LogP contribution in [0.1, 0.15) is 28.9 Å². The third-order valence-corrected chi connectivity index (χ3v) is 4.31. The minimum atomic E-state index is -0.262. The Balaban J connectivity index is 1.76. The zero-order valence-electron chi connectivity index (χ0n) is 13.7. The standard InChI is InChI=1S/C17H19ClN4O2/c1-11-13(10-19-17(20-11)22-7-3-4-8-22)16(23)21-12-5-6-15(24-2)14(18)9-12/h5-6,9-10H,3-4,7-8H2,1-2H3,(H,21,23). The Morgan fingerprint density at radius 3 is 2.71 bits per heavy atom. The number of carbonyl (C=O) groups excluding carboxylic acids is 1. The summed E-state index contributed by atoms with van der Waals surface area (Å²) in [5.41, 5.74) is 1.70. The number of aryl methyl sites for hydroxylation is 1. The van der Waals surface area contributed by atoms with Crippen molar-refractivity contribution in [3.63, 3.8) is 0 Å². The number of nitrogens with zero attached hydrogens (tertiary/aromatic N) is 3. The number of hydrogen-bond donors (Lipinski definition) is 1. The molecule has 3 rings (SSSR count). The summed E-state index contributed by atoms with van der Waals surface area (Å²) >= 11 is 6.08. The number of methoxy groups -OCH3 is 1. The molecule has 2 heterocycles. The fourth-order valence-corrected chi connectivity index (χ4v) is 2.95. The van der Waals surface area contributed by atoms with Crippen LogP contribution < -0.4 is 15.0 Å². The zero-order valence-corrected chi connectivity index (χ0v) is 14.4. The number of aromatic nitrogens is 2. The summed E-state index contributed by atoms with van der Waals surface area (Å²) in [7, 11) is 1.54. The number of carbonyl (C=O) groups is 1. The second-order valence-corrected chi connectivity index (χ2v) is 6.07. The average Bonchev–Trinajstić information content (AvgIpc) is 3.09. The second-order valence-electron chi connectivity index (χ2n) is 5.67. The molecule has 1 N–H and O–H groups in total. The molecule has 2 aromatic rings. The lowest BCUT2D eigenvalue weighted by Gasteiger charge is -2.16. The van der Waals surface area contributed by atoms with Crippen LogP contribution in [0.15, 0.2) is 24.4 Å². The van der Waals surface area contributed by atoms with E-state index in [4.69, 9.17) is 16.3 Å². The average molecular weight is 347 g/mol. The van der Waals surface area contributed by atoms with Gasteiger partial charge in [0.2, 0.25) is 5.95 Å². The number of ether oxygens (including phenoxy) is 1. The van der Waals surface area contributed by atoms with Crippen LogP contribution in [0, 0.1) is 6.92 Å². The van der Waals surface area contributed by atoms with Gasteiger partial charge in [0.25, 0.3) is 5.91 Å². The summed E-state index contributed by atoms with van der Waals surface area (Å²) in [6, 6.07) is 5.09. The minimum Gasteiger partial charge on any atom is -0.495 e. The van der Waals surface area contributed by atoms with Crippen LogP contribution in [0.4, 0.5) is 11.6 Å². The van der Waals surface area contributed by atoms with Crippen LogP contribution in [0.5, 0.6) is 5.75 Å². The number of amides is 1. The van der Waals surface area contributed by atoms with E-state index in [0.717, 1.165) is 25.9 Å². The molecule has 0 atom stereocenters. The van der Waals surface area contributed by atoms with E-state index in [2.05, 4.69) is 20.2 Å². The van der Waals surface area contributed by atoms with Crippen molar-refractivity contribution < 1.29 is 9.53 Å². The first kappa shape index (κ1) is 16.5. The molecule has 0 unspecified atom stereocenters. The maximum Gasteiger partial charge on any atom is 0.259 e. The zero-order chi connectivity index (χ0) is 17.1. The predicted molar refractivity (Wildman–Crippen MR) is 94.2 cm³/mol. The van der Waals surface area contributed by atoms with E-state index in [1.807, 2.05) is 6.92 Å². The Kier molecular flexibility index (Phi) is 4.85. The summed E-state index contributed by atoms with van der Waals surface area (Å²) in [6.07, 6.45) is 3.89. The SMILES string of the molecule is COc1ccc(NC(=O)c2cnc(N3CCCC3)nc2C)cc1Cl. The smallest absolute Gasteiger partial charge is 0.259 e. The maximum atomic E-state index is 12.5. The van der Waals surface area contributed by atoms with E-state index in [1.165, 1.54) is 0 Å².